The number of carbonyl (C=O) groups is 1. The van der Waals surface area contributed by atoms with Crippen LogP contribution in [0.25, 0.3) is 0 Å². The number of benzene rings is 1. The fraction of sp³-hybridized carbons (Fsp3) is 0.412. The number of para-hydroxylation sites is 1. The number of nitrogens with zero attached hydrogens (tertiary/aromatic N) is 3. The third-order valence-electron chi connectivity index (χ3n) is 4.79. The Morgan fingerprint density at radius 3 is 2.85 bits per heavy atom. The summed E-state index contributed by atoms with van der Waals surface area (Å²) < 4.78 is 0. The summed E-state index contributed by atoms with van der Waals surface area (Å²) in [5.41, 5.74) is 2.96. The number of nitrogens with one attached hydrogen (secondary N) is 2. The predicted octanol–water partition coefficient (Wildman–Crippen LogP) is 2.19. The number of aromatic amines is 1. The predicted molar refractivity (Wildman–Crippen MR) is 97.2 cm³/mol. The van der Waals surface area contributed by atoms with Crippen molar-refractivity contribution in [1.82, 2.24) is 20.4 Å². The Hall–Kier alpha value is -2.45. The number of aromatic nitrogens is 2. The fourth-order valence-electron chi connectivity index (χ4n) is 3.30. The molecule has 0 unspecified atom stereocenters. The molecule has 1 aromatic heterocycles. The second-order valence-electron chi connectivity index (χ2n) is 6.51. The quantitative estimate of drug-likeness (QED) is 0.614. The fourth-order valence-corrected chi connectivity index (χ4v) is 3.30. The van der Waals surface area contributed by atoms with Crippen molar-refractivity contribution in [2.75, 3.05) is 6.54 Å². The van der Waals surface area contributed by atoms with Gasteiger partial charge in [0.1, 0.15) is 0 Å². The van der Waals surface area contributed by atoms with Crippen LogP contribution in [0.15, 0.2) is 24.3 Å². The molecule has 2 N–H and O–H groups in total. The van der Waals surface area contributed by atoms with E-state index in [4.69, 9.17) is 0 Å². The summed E-state index contributed by atoms with van der Waals surface area (Å²) >= 11 is 0. The smallest absolute Gasteiger partial charge is 0.275 e. The SMILES string of the molecule is Cl.O=C(c1n[nH]c2c1CNCC2)N(Cc1ccccc1[N+](=O)[O-])C1CC1. The number of nitro benzene ring substituents is 1. The Balaban J connectivity index is 0.00000196. The first-order valence-corrected chi connectivity index (χ1v) is 8.45. The van der Waals surface area contributed by atoms with Crippen molar-refractivity contribution >= 4 is 24.0 Å². The molecule has 26 heavy (non-hydrogen) atoms. The van der Waals surface area contributed by atoms with Gasteiger partial charge >= 0.3 is 0 Å². The van der Waals surface area contributed by atoms with Gasteiger partial charge in [-0.3, -0.25) is 20.0 Å². The number of hydrogen-bond acceptors (Lipinski definition) is 5. The zero-order valence-electron chi connectivity index (χ0n) is 14.1. The van der Waals surface area contributed by atoms with E-state index in [0.717, 1.165) is 37.1 Å². The number of carbonyl (C=O) groups excluding carboxylic acids is 1. The third kappa shape index (κ3) is 3.42. The van der Waals surface area contributed by atoms with Gasteiger partial charge in [-0.2, -0.15) is 5.10 Å². The van der Waals surface area contributed by atoms with Gasteiger partial charge in [0, 0.05) is 48.4 Å². The Morgan fingerprint density at radius 2 is 2.12 bits per heavy atom. The van der Waals surface area contributed by atoms with Crippen LogP contribution in [-0.2, 0) is 19.5 Å². The van der Waals surface area contributed by atoms with Gasteiger partial charge in [0.15, 0.2) is 5.69 Å². The molecule has 9 heteroatoms. The maximum absolute atomic E-state index is 13.1. The zero-order valence-corrected chi connectivity index (χ0v) is 14.9. The molecule has 2 aliphatic rings. The topological polar surface area (TPSA) is 104 Å². The molecule has 1 fully saturated rings. The molecule has 0 radical (unpaired) electrons. The highest BCUT2D eigenvalue weighted by atomic mass is 35.5. The maximum Gasteiger partial charge on any atom is 0.275 e. The standard InChI is InChI=1S/C17H19N5O3.ClH/c23-17(16-13-9-18-8-7-14(13)19-20-16)21(12-5-6-12)10-11-3-1-2-4-15(11)22(24)25;/h1-4,12,18H,5-10H2,(H,19,20);1H. The molecular weight excluding hydrogens is 358 g/mol. The molecule has 0 bridgehead atoms. The van der Waals surface area contributed by atoms with Crippen LogP contribution >= 0.6 is 12.4 Å². The minimum absolute atomic E-state index is 0. The van der Waals surface area contributed by atoms with E-state index in [1.165, 1.54) is 6.07 Å². The second kappa shape index (κ2) is 7.43. The first kappa shape index (κ1) is 18.3. The van der Waals surface area contributed by atoms with Crippen molar-refractivity contribution in [3.63, 3.8) is 0 Å². The Morgan fingerprint density at radius 1 is 1.35 bits per heavy atom. The normalized spacial score (nSPS) is 15.7. The average molecular weight is 378 g/mol. The van der Waals surface area contributed by atoms with Crippen molar-refractivity contribution in [2.24, 2.45) is 0 Å². The van der Waals surface area contributed by atoms with Gasteiger partial charge < -0.3 is 10.2 Å². The van der Waals surface area contributed by atoms with E-state index in [1.807, 2.05) is 0 Å². The van der Waals surface area contributed by atoms with E-state index in [2.05, 4.69) is 15.5 Å². The highest BCUT2D eigenvalue weighted by molar-refractivity contribution is 5.94. The average Bonchev–Trinajstić information content (AvgIpc) is 3.37. The van der Waals surface area contributed by atoms with Gasteiger partial charge in [-0.05, 0) is 12.8 Å². The lowest BCUT2D eigenvalue weighted by molar-refractivity contribution is -0.385. The lowest BCUT2D eigenvalue weighted by atomic mass is 10.1. The number of fused-ring (bicyclic) bond motifs is 1. The molecule has 1 saturated carbocycles. The lowest BCUT2D eigenvalue weighted by Crippen LogP contribution is -2.34. The van der Waals surface area contributed by atoms with Gasteiger partial charge in [-0.15, -0.1) is 12.4 Å². The summed E-state index contributed by atoms with van der Waals surface area (Å²) in [6, 6.07) is 6.73. The molecule has 1 amide bonds. The number of hydrogen-bond donors (Lipinski definition) is 2. The van der Waals surface area contributed by atoms with Gasteiger partial charge in [-0.1, -0.05) is 18.2 Å². The molecule has 1 aromatic carbocycles. The van der Waals surface area contributed by atoms with Crippen LogP contribution in [-0.4, -0.2) is 38.5 Å². The Bertz CT molecular complexity index is 834. The van der Waals surface area contributed by atoms with E-state index in [9.17, 15) is 14.9 Å². The van der Waals surface area contributed by atoms with E-state index in [0.29, 0.717) is 17.8 Å². The summed E-state index contributed by atoms with van der Waals surface area (Å²) in [4.78, 5) is 25.7. The van der Waals surface area contributed by atoms with E-state index in [-0.39, 0.29) is 36.6 Å². The van der Waals surface area contributed by atoms with E-state index >= 15 is 0 Å². The number of amides is 1. The summed E-state index contributed by atoms with van der Waals surface area (Å²) in [6.45, 7) is 1.72. The Kier molecular flexibility index (Phi) is 5.24. The van der Waals surface area contributed by atoms with Crippen molar-refractivity contribution < 1.29 is 9.72 Å². The number of halogens is 1. The molecule has 0 atom stereocenters. The molecule has 2 heterocycles. The maximum atomic E-state index is 13.1. The van der Waals surface area contributed by atoms with E-state index in [1.54, 1.807) is 23.1 Å². The second-order valence-corrected chi connectivity index (χ2v) is 6.51. The minimum Gasteiger partial charge on any atom is -0.330 e. The lowest BCUT2D eigenvalue weighted by Gasteiger charge is -2.22. The number of H-pyrrole nitrogens is 1. The molecule has 0 spiro atoms. The zero-order chi connectivity index (χ0) is 17.4. The van der Waals surface area contributed by atoms with Crippen LogP contribution in [0.5, 0.6) is 0 Å². The van der Waals surface area contributed by atoms with Gasteiger partial charge in [0.2, 0.25) is 0 Å². The van der Waals surface area contributed by atoms with Gasteiger partial charge in [-0.25, -0.2) is 0 Å². The first-order chi connectivity index (χ1) is 12.1. The van der Waals surface area contributed by atoms with E-state index < -0.39 is 4.92 Å². The van der Waals surface area contributed by atoms with Crippen molar-refractivity contribution in [3.8, 4) is 0 Å². The molecule has 4 rings (SSSR count). The molecule has 2 aromatic rings. The van der Waals surface area contributed by atoms with Crippen molar-refractivity contribution in [3.05, 3.63) is 56.9 Å². The summed E-state index contributed by atoms with van der Waals surface area (Å²) in [7, 11) is 0. The van der Waals surface area contributed by atoms with Crippen LogP contribution < -0.4 is 5.32 Å². The summed E-state index contributed by atoms with van der Waals surface area (Å²) in [6.07, 6.45) is 2.68. The number of nitro groups is 1. The summed E-state index contributed by atoms with van der Waals surface area (Å²) in [5, 5.41) is 21.7. The van der Waals surface area contributed by atoms with Gasteiger partial charge in [0.05, 0.1) is 11.5 Å². The third-order valence-corrected chi connectivity index (χ3v) is 4.79. The van der Waals surface area contributed by atoms with Crippen LogP contribution in [0, 0.1) is 10.1 Å². The highest BCUT2D eigenvalue weighted by Crippen LogP contribution is 2.32. The molecule has 1 aliphatic carbocycles. The highest BCUT2D eigenvalue weighted by Gasteiger charge is 2.36. The first-order valence-electron chi connectivity index (χ1n) is 8.45. The monoisotopic (exact) mass is 377 g/mol. The Labute approximate surface area is 156 Å². The van der Waals surface area contributed by atoms with Crippen LogP contribution in [0.1, 0.15) is 40.2 Å². The molecule has 8 nitrogen and oxygen atoms in total. The summed E-state index contributed by atoms with van der Waals surface area (Å²) in [5.74, 6) is -0.151. The van der Waals surface area contributed by atoms with Crippen LogP contribution in [0.2, 0.25) is 0 Å². The van der Waals surface area contributed by atoms with Crippen LogP contribution in [0.3, 0.4) is 0 Å². The minimum atomic E-state index is -0.398. The van der Waals surface area contributed by atoms with Crippen molar-refractivity contribution in [2.45, 2.75) is 38.4 Å². The molecule has 0 saturated heterocycles. The van der Waals surface area contributed by atoms with Gasteiger partial charge in [0.25, 0.3) is 11.6 Å². The van der Waals surface area contributed by atoms with Crippen LogP contribution in [0.4, 0.5) is 5.69 Å². The molecule has 1 aliphatic heterocycles. The number of rotatable bonds is 5. The largest absolute Gasteiger partial charge is 0.330 e. The molecule has 138 valence electrons. The molecular formula is C17H20ClN5O3. The van der Waals surface area contributed by atoms with Crippen molar-refractivity contribution in [1.29, 1.82) is 0 Å².